The first-order valence-corrected chi connectivity index (χ1v) is 8.84. The Morgan fingerprint density at radius 2 is 2.00 bits per heavy atom. The fourth-order valence-corrected chi connectivity index (χ4v) is 2.78. The summed E-state index contributed by atoms with van der Waals surface area (Å²) in [6, 6.07) is 6.74. The zero-order chi connectivity index (χ0) is 17.5. The highest BCUT2D eigenvalue weighted by atomic mass is 19.1. The van der Waals surface area contributed by atoms with Gasteiger partial charge in [0.15, 0.2) is 0 Å². The molecule has 1 aliphatic heterocycles. The van der Waals surface area contributed by atoms with Crippen LogP contribution in [0.1, 0.15) is 80.8 Å². The number of benzene rings is 1. The van der Waals surface area contributed by atoms with Crippen molar-refractivity contribution >= 4 is 5.78 Å². The monoisotopic (exact) mass is 331 g/mol. The number of aryl methyl sites for hydroxylation is 1. The van der Waals surface area contributed by atoms with E-state index in [1.54, 1.807) is 16.8 Å². The van der Waals surface area contributed by atoms with E-state index in [0.717, 1.165) is 19.3 Å². The van der Waals surface area contributed by atoms with E-state index in [1.807, 2.05) is 13.0 Å². The molecule has 0 amide bonds. The van der Waals surface area contributed by atoms with Crippen LogP contribution in [0.15, 0.2) is 24.3 Å². The van der Waals surface area contributed by atoms with Gasteiger partial charge in [-0.05, 0) is 24.5 Å². The molecule has 1 unspecified atom stereocenters. The van der Waals surface area contributed by atoms with Gasteiger partial charge in [-0.25, -0.2) is 14.1 Å². The number of aromatic nitrogens is 3. The molecular formula is C19H26FN3O. The average Bonchev–Trinajstić information content (AvgIpc) is 3.14. The van der Waals surface area contributed by atoms with Crippen molar-refractivity contribution in [1.82, 2.24) is 14.8 Å². The van der Waals surface area contributed by atoms with E-state index < -0.39 is 0 Å². The number of carbonyl (C=O) groups excluding carboxylic acids is 1. The SMILES string of the molecule is CCC.CCCCC(=O)c1nc2n(n1)CCC2c1ccccc1F. The van der Waals surface area contributed by atoms with Crippen molar-refractivity contribution in [2.75, 3.05) is 0 Å². The van der Waals surface area contributed by atoms with Crippen molar-refractivity contribution in [3.63, 3.8) is 0 Å². The molecule has 4 nitrogen and oxygen atoms in total. The number of nitrogens with zero attached hydrogens (tertiary/aromatic N) is 3. The van der Waals surface area contributed by atoms with Gasteiger partial charge in [0.05, 0.1) is 0 Å². The lowest BCUT2D eigenvalue weighted by Gasteiger charge is -2.09. The molecule has 1 aromatic carbocycles. The number of hydrogen-bond acceptors (Lipinski definition) is 3. The molecular weight excluding hydrogens is 305 g/mol. The number of carbonyl (C=O) groups is 1. The molecule has 1 aromatic heterocycles. The molecule has 24 heavy (non-hydrogen) atoms. The molecule has 0 fully saturated rings. The molecule has 0 saturated heterocycles. The minimum absolute atomic E-state index is 0.0222. The Labute approximate surface area is 143 Å². The second-order valence-corrected chi connectivity index (χ2v) is 6.11. The lowest BCUT2D eigenvalue weighted by Crippen LogP contribution is -2.05. The van der Waals surface area contributed by atoms with E-state index in [0.29, 0.717) is 24.4 Å². The number of rotatable bonds is 5. The van der Waals surface area contributed by atoms with Gasteiger partial charge >= 0.3 is 0 Å². The summed E-state index contributed by atoms with van der Waals surface area (Å²) in [6.45, 7) is 6.98. The van der Waals surface area contributed by atoms with Crippen molar-refractivity contribution in [1.29, 1.82) is 0 Å². The predicted molar refractivity (Wildman–Crippen MR) is 92.7 cm³/mol. The van der Waals surface area contributed by atoms with E-state index in [1.165, 1.54) is 12.5 Å². The lowest BCUT2D eigenvalue weighted by molar-refractivity contribution is 0.0969. The first-order valence-electron chi connectivity index (χ1n) is 8.84. The fourth-order valence-electron chi connectivity index (χ4n) is 2.78. The second-order valence-electron chi connectivity index (χ2n) is 6.11. The maximum Gasteiger partial charge on any atom is 0.217 e. The third-order valence-corrected chi connectivity index (χ3v) is 3.93. The average molecular weight is 331 g/mol. The zero-order valence-electron chi connectivity index (χ0n) is 14.8. The van der Waals surface area contributed by atoms with Crippen LogP contribution in [0.5, 0.6) is 0 Å². The minimum atomic E-state index is -0.224. The molecule has 2 heterocycles. The number of unbranched alkanes of at least 4 members (excludes halogenated alkanes) is 1. The van der Waals surface area contributed by atoms with E-state index in [2.05, 4.69) is 23.9 Å². The molecule has 1 aliphatic rings. The maximum absolute atomic E-state index is 13.9. The Kier molecular flexibility index (Phi) is 6.64. The topological polar surface area (TPSA) is 47.8 Å². The first kappa shape index (κ1) is 18.3. The Bertz CT molecular complexity index is 681. The normalized spacial score (nSPS) is 15.6. The predicted octanol–water partition coefficient (Wildman–Crippen LogP) is 4.74. The van der Waals surface area contributed by atoms with Crippen LogP contribution in [0.2, 0.25) is 0 Å². The zero-order valence-corrected chi connectivity index (χ0v) is 14.8. The summed E-state index contributed by atoms with van der Waals surface area (Å²) in [7, 11) is 0. The lowest BCUT2D eigenvalue weighted by atomic mass is 9.97. The summed E-state index contributed by atoms with van der Waals surface area (Å²) in [5, 5.41) is 4.28. The number of ketones is 1. The number of fused-ring (bicyclic) bond motifs is 1. The number of Topliss-reactive ketones (excluding diaryl/α,β-unsaturated/α-hetero) is 1. The van der Waals surface area contributed by atoms with Gasteiger partial charge in [-0.2, -0.15) is 0 Å². The van der Waals surface area contributed by atoms with Gasteiger partial charge in [0, 0.05) is 18.9 Å². The summed E-state index contributed by atoms with van der Waals surface area (Å²) >= 11 is 0. The van der Waals surface area contributed by atoms with Crippen molar-refractivity contribution in [2.24, 2.45) is 0 Å². The third kappa shape index (κ3) is 4.08. The smallest absolute Gasteiger partial charge is 0.217 e. The molecule has 0 saturated carbocycles. The molecule has 0 aliphatic carbocycles. The van der Waals surface area contributed by atoms with E-state index >= 15 is 0 Å². The first-order chi connectivity index (χ1) is 11.6. The Morgan fingerprint density at radius 3 is 2.67 bits per heavy atom. The summed E-state index contributed by atoms with van der Waals surface area (Å²) in [5.74, 6) is 0.634. The molecule has 0 N–H and O–H groups in total. The molecule has 130 valence electrons. The second kappa shape index (κ2) is 8.71. The van der Waals surface area contributed by atoms with Gasteiger partial charge < -0.3 is 0 Å². The number of hydrogen-bond donors (Lipinski definition) is 0. The Morgan fingerprint density at radius 1 is 1.29 bits per heavy atom. The van der Waals surface area contributed by atoms with Crippen LogP contribution in [-0.2, 0) is 6.54 Å². The van der Waals surface area contributed by atoms with E-state index in [9.17, 15) is 9.18 Å². The van der Waals surface area contributed by atoms with Crippen molar-refractivity contribution in [3.8, 4) is 0 Å². The highest BCUT2D eigenvalue weighted by molar-refractivity contribution is 5.92. The summed E-state index contributed by atoms with van der Waals surface area (Å²) in [4.78, 5) is 16.4. The quantitative estimate of drug-likeness (QED) is 0.743. The fraction of sp³-hybridized carbons (Fsp3) is 0.526. The minimum Gasteiger partial charge on any atom is -0.291 e. The Hall–Kier alpha value is -2.04. The summed E-state index contributed by atoms with van der Waals surface area (Å²) < 4.78 is 15.7. The van der Waals surface area contributed by atoms with Gasteiger partial charge in [0.1, 0.15) is 11.6 Å². The summed E-state index contributed by atoms with van der Waals surface area (Å²) in [6.07, 6.45) is 4.32. The Balaban J connectivity index is 0.000000647. The van der Waals surface area contributed by atoms with Crippen LogP contribution in [0.4, 0.5) is 4.39 Å². The van der Waals surface area contributed by atoms with Gasteiger partial charge in [-0.3, -0.25) is 4.79 Å². The van der Waals surface area contributed by atoms with Crippen LogP contribution in [0, 0.1) is 5.82 Å². The van der Waals surface area contributed by atoms with Crippen molar-refractivity contribution in [3.05, 3.63) is 47.3 Å². The van der Waals surface area contributed by atoms with Crippen LogP contribution in [0.25, 0.3) is 0 Å². The van der Waals surface area contributed by atoms with E-state index in [4.69, 9.17) is 0 Å². The van der Waals surface area contributed by atoms with Crippen molar-refractivity contribution < 1.29 is 9.18 Å². The molecule has 0 spiro atoms. The van der Waals surface area contributed by atoms with Crippen LogP contribution >= 0.6 is 0 Å². The third-order valence-electron chi connectivity index (χ3n) is 3.93. The highest BCUT2D eigenvalue weighted by Gasteiger charge is 2.30. The van der Waals surface area contributed by atoms with Crippen LogP contribution < -0.4 is 0 Å². The van der Waals surface area contributed by atoms with Gasteiger partial charge in [-0.15, -0.1) is 5.10 Å². The van der Waals surface area contributed by atoms with Gasteiger partial charge in [0.25, 0.3) is 0 Å². The molecule has 5 heteroatoms. The maximum atomic E-state index is 13.9. The molecule has 1 atom stereocenters. The molecule has 2 aromatic rings. The molecule has 0 bridgehead atoms. The van der Waals surface area contributed by atoms with Gasteiger partial charge in [-0.1, -0.05) is 51.8 Å². The van der Waals surface area contributed by atoms with Crippen LogP contribution in [-0.4, -0.2) is 20.5 Å². The van der Waals surface area contributed by atoms with Crippen molar-refractivity contribution in [2.45, 2.75) is 65.3 Å². The number of halogens is 1. The standard InChI is InChI=1S/C16H18FN3O.C3H8/c1-2-3-8-14(21)15-18-16-12(9-10-20(16)19-15)11-6-4-5-7-13(11)17;1-3-2/h4-7,12H,2-3,8-10H2,1H3;3H2,1-2H3. The van der Waals surface area contributed by atoms with E-state index in [-0.39, 0.29) is 23.3 Å². The molecule has 0 radical (unpaired) electrons. The summed E-state index contributed by atoms with van der Waals surface area (Å²) in [5.41, 5.74) is 0.635. The largest absolute Gasteiger partial charge is 0.291 e. The highest BCUT2D eigenvalue weighted by Crippen LogP contribution is 2.34. The van der Waals surface area contributed by atoms with Crippen LogP contribution in [0.3, 0.4) is 0 Å². The van der Waals surface area contributed by atoms with Gasteiger partial charge in [0.2, 0.25) is 11.6 Å². The molecule has 3 rings (SSSR count).